The largest absolute Gasteiger partial charge is 0.401 e. The van der Waals surface area contributed by atoms with Gasteiger partial charge >= 0.3 is 6.18 Å². The van der Waals surface area contributed by atoms with Crippen LogP contribution in [0.5, 0.6) is 0 Å². The lowest BCUT2D eigenvalue weighted by Crippen LogP contribution is -2.49. The first kappa shape index (κ1) is 14.5. The monoisotopic (exact) mass is 294 g/mol. The number of rotatable bonds is 4. The number of nitrogens with two attached hydrogens (primary N) is 1. The maximum absolute atomic E-state index is 12.2. The number of hydrogen-bond acceptors (Lipinski definition) is 5. The van der Waals surface area contributed by atoms with Crippen molar-refractivity contribution in [1.29, 1.82) is 0 Å². The molecule has 1 aromatic heterocycles. The van der Waals surface area contributed by atoms with Crippen molar-refractivity contribution >= 4 is 16.5 Å². The van der Waals surface area contributed by atoms with Crippen molar-refractivity contribution in [3.8, 4) is 0 Å². The Morgan fingerprint density at radius 3 is 2.37 bits per heavy atom. The van der Waals surface area contributed by atoms with E-state index in [4.69, 9.17) is 5.73 Å². The molecular formula is C11H17F3N4S. The highest BCUT2D eigenvalue weighted by atomic mass is 32.1. The van der Waals surface area contributed by atoms with Crippen LogP contribution in [-0.4, -0.2) is 60.2 Å². The number of alkyl halides is 3. The lowest BCUT2D eigenvalue weighted by atomic mass is 10.2. The van der Waals surface area contributed by atoms with E-state index in [2.05, 4.69) is 9.88 Å². The van der Waals surface area contributed by atoms with E-state index in [0.29, 0.717) is 31.3 Å². The molecule has 108 valence electrons. The van der Waals surface area contributed by atoms with Gasteiger partial charge in [-0.2, -0.15) is 13.2 Å². The summed E-state index contributed by atoms with van der Waals surface area (Å²) in [4.78, 5) is 7.79. The summed E-state index contributed by atoms with van der Waals surface area (Å²) in [6, 6.07) is 0. The highest BCUT2D eigenvalue weighted by Crippen LogP contribution is 2.17. The van der Waals surface area contributed by atoms with Gasteiger partial charge < -0.3 is 10.6 Å². The zero-order valence-corrected chi connectivity index (χ0v) is 11.3. The number of hydrogen-bond donors (Lipinski definition) is 1. The van der Waals surface area contributed by atoms with Gasteiger partial charge in [-0.3, -0.25) is 4.90 Å². The van der Waals surface area contributed by atoms with E-state index < -0.39 is 12.7 Å². The van der Waals surface area contributed by atoms with Crippen molar-refractivity contribution in [3.05, 3.63) is 11.1 Å². The van der Waals surface area contributed by atoms with Crippen molar-refractivity contribution in [3.63, 3.8) is 0 Å². The van der Waals surface area contributed by atoms with Crippen LogP contribution in [0.3, 0.4) is 0 Å². The highest BCUT2D eigenvalue weighted by molar-refractivity contribution is 7.13. The molecular weight excluding hydrogens is 277 g/mol. The van der Waals surface area contributed by atoms with Crippen LogP contribution in [0.4, 0.5) is 18.3 Å². The van der Waals surface area contributed by atoms with Crippen molar-refractivity contribution < 1.29 is 13.2 Å². The highest BCUT2D eigenvalue weighted by Gasteiger charge is 2.31. The number of aromatic nitrogens is 1. The third-order valence-corrected chi connectivity index (χ3v) is 3.84. The van der Waals surface area contributed by atoms with E-state index in [-0.39, 0.29) is 0 Å². The summed E-state index contributed by atoms with van der Waals surface area (Å²) in [5.41, 5.74) is 6.50. The van der Waals surface area contributed by atoms with Crippen LogP contribution in [0.25, 0.3) is 0 Å². The SMILES string of the molecule is Nc1nc(CCN2CCN(CC(F)(F)F)CC2)cs1. The van der Waals surface area contributed by atoms with Gasteiger partial charge in [-0.1, -0.05) is 0 Å². The number of halogens is 3. The Kier molecular flexibility index (Phi) is 4.64. The number of piperazine rings is 1. The fourth-order valence-corrected chi connectivity index (χ4v) is 2.73. The Morgan fingerprint density at radius 1 is 1.21 bits per heavy atom. The standard InChI is InChI=1S/C11H17F3N4S/c12-11(13,14)8-18-5-3-17(4-6-18)2-1-9-7-19-10(15)16-9/h7H,1-6,8H2,(H2,15,16). The fraction of sp³-hybridized carbons (Fsp3) is 0.727. The van der Waals surface area contributed by atoms with E-state index in [1.807, 2.05) is 5.38 Å². The minimum absolute atomic E-state index is 0.471. The van der Waals surface area contributed by atoms with Crippen LogP contribution in [0.1, 0.15) is 5.69 Å². The summed E-state index contributed by atoms with van der Waals surface area (Å²) in [5, 5.41) is 2.49. The zero-order chi connectivity index (χ0) is 13.9. The average molecular weight is 294 g/mol. The molecule has 1 aromatic rings. The normalized spacial score (nSPS) is 18.9. The van der Waals surface area contributed by atoms with Crippen LogP contribution in [0.2, 0.25) is 0 Å². The first-order valence-corrected chi connectivity index (χ1v) is 7.02. The molecule has 0 saturated carbocycles. The molecule has 4 nitrogen and oxygen atoms in total. The third-order valence-electron chi connectivity index (χ3n) is 3.12. The van der Waals surface area contributed by atoms with Crippen molar-refractivity contribution in [1.82, 2.24) is 14.8 Å². The van der Waals surface area contributed by atoms with Gasteiger partial charge in [0.15, 0.2) is 5.13 Å². The number of nitrogen functional groups attached to an aromatic ring is 1. The van der Waals surface area contributed by atoms with Crippen molar-refractivity contribution in [2.24, 2.45) is 0 Å². The predicted molar refractivity (Wildman–Crippen MR) is 69.2 cm³/mol. The molecule has 1 aliphatic heterocycles. The zero-order valence-electron chi connectivity index (χ0n) is 10.5. The second kappa shape index (κ2) is 6.06. The molecule has 0 spiro atoms. The molecule has 0 amide bonds. The lowest BCUT2D eigenvalue weighted by molar-refractivity contribution is -0.149. The summed E-state index contributed by atoms with van der Waals surface area (Å²) < 4.78 is 36.7. The van der Waals surface area contributed by atoms with Crippen LogP contribution in [-0.2, 0) is 6.42 Å². The molecule has 2 N–H and O–H groups in total. The summed E-state index contributed by atoms with van der Waals surface area (Å²) in [6.45, 7) is 2.31. The molecule has 2 rings (SSSR count). The van der Waals surface area contributed by atoms with Gasteiger partial charge in [0.05, 0.1) is 12.2 Å². The predicted octanol–water partition coefficient (Wildman–Crippen LogP) is 1.45. The summed E-state index contributed by atoms with van der Waals surface area (Å²) >= 11 is 1.41. The fourth-order valence-electron chi connectivity index (χ4n) is 2.13. The Hall–Kier alpha value is -0.860. The molecule has 0 bridgehead atoms. The number of anilines is 1. The van der Waals surface area contributed by atoms with Crippen LogP contribution >= 0.6 is 11.3 Å². The molecule has 0 aromatic carbocycles. The first-order valence-electron chi connectivity index (χ1n) is 6.14. The van der Waals surface area contributed by atoms with Gasteiger partial charge in [0, 0.05) is 44.5 Å². The molecule has 1 aliphatic rings. The number of nitrogens with zero attached hydrogens (tertiary/aromatic N) is 3. The minimum Gasteiger partial charge on any atom is -0.375 e. The minimum atomic E-state index is -4.10. The second-order valence-electron chi connectivity index (χ2n) is 4.66. The second-order valence-corrected chi connectivity index (χ2v) is 5.55. The Balaban J connectivity index is 1.69. The molecule has 2 heterocycles. The Bertz CT molecular complexity index is 399. The van der Waals surface area contributed by atoms with Crippen LogP contribution < -0.4 is 5.73 Å². The van der Waals surface area contributed by atoms with E-state index in [1.54, 1.807) is 0 Å². The smallest absolute Gasteiger partial charge is 0.375 e. The molecule has 1 saturated heterocycles. The van der Waals surface area contributed by atoms with E-state index >= 15 is 0 Å². The van der Waals surface area contributed by atoms with E-state index in [1.165, 1.54) is 16.2 Å². The summed E-state index contributed by atoms with van der Waals surface area (Å²) in [7, 11) is 0. The molecule has 0 aliphatic carbocycles. The molecule has 1 fully saturated rings. The molecule has 19 heavy (non-hydrogen) atoms. The summed E-state index contributed by atoms with van der Waals surface area (Å²) in [6.07, 6.45) is -3.30. The first-order chi connectivity index (χ1) is 8.92. The van der Waals surface area contributed by atoms with Gasteiger partial charge in [-0.05, 0) is 0 Å². The quantitative estimate of drug-likeness (QED) is 0.913. The maximum Gasteiger partial charge on any atom is 0.401 e. The maximum atomic E-state index is 12.2. The van der Waals surface area contributed by atoms with Crippen LogP contribution in [0.15, 0.2) is 5.38 Å². The Labute approximate surface area is 114 Å². The lowest BCUT2D eigenvalue weighted by Gasteiger charge is -2.34. The van der Waals surface area contributed by atoms with Gasteiger partial charge in [-0.15, -0.1) is 11.3 Å². The van der Waals surface area contributed by atoms with Gasteiger partial charge in [0.2, 0.25) is 0 Å². The Morgan fingerprint density at radius 2 is 1.84 bits per heavy atom. The third kappa shape index (κ3) is 4.96. The van der Waals surface area contributed by atoms with Crippen LogP contribution in [0, 0.1) is 0 Å². The number of thiazole rings is 1. The molecule has 0 unspecified atom stereocenters. The van der Waals surface area contributed by atoms with Crippen molar-refractivity contribution in [2.45, 2.75) is 12.6 Å². The van der Waals surface area contributed by atoms with Gasteiger partial charge in [0.25, 0.3) is 0 Å². The molecule has 8 heteroatoms. The van der Waals surface area contributed by atoms with Gasteiger partial charge in [-0.25, -0.2) is 4.98 Å². The molecule has 0 atom stereocenters. The summed E-state index contributed by atoms with van der Waals surface area (Å²) in [5.74, 6) is 0. The average Bonchev–Trinajstić information content (AvgIpc) is 2.72. The molecule has 0 radical (unpaired) electrons. The van der Waals surface area contributed by atoms with Crippen molar-refractivity contribution in [2.75, 3.05) is 45.0 Å². The topological polar surface area (TPSA) is 45.4 Å². The van der Waals surface area contributed by atoms with E-state index in [9.17, 15) is 13.2 Å². The van der Waals surface area contributed by atoms with Gasteiger partial charge in [0.1, 0.15) is 0 Å². The van der Waals surface area contributed by atoms with E-state index in [0.717, 1.165) is 18.7 Å².